The van der Waals surface area contributed by atoms with Gasteiger partial charge in [0.2, 0.25) is 5.88 Å². The Kier molecular flexibility index (Phi) is 7.65. The van der Waals surface area contributed by atoms with Gasteiger partial charge in [-0.2, -0.15) is 13.2 Å². The largest absolute Gasteiger partial charge is 0.468 e. The van der Waals surface area contributed by atoms with E-state index >= 15 is 0 Å². The van der Waals surface area contributed by atoms with E-state index in [1.807, 2.05) is 13.8 Å². The number of nitrogens with zero attached hydrogens (tertiary/aromatic N) is 3. The molecule has 2 aromatic heterocycles. The first kappa shape index (κ1) is 21.5. The van der Waals surface area contributed by atoms with Crippen molar-refractivity contribution < 1.29 is 22.4 Å². The molecule has 2 rings (SSSR count). The Balaban J connectivity index is 1.91. The number of hydrogen-bond acceptors (Lipinski definition) is 5. The molecule has 2 heterocycles. The highest BCUT2D eigenvalue weighted by atomic mass is 19.4. The second-order valence-electron chi connectivity index (χ2n) is 5.92. The first-order valence-electron chi connectivity index (χ1n) is 8.91. The van der Waals surface area contributed by atoms with Gasteiger partial charge in [-0.1, -0.05) is 19.0 Å². The summed E-state index contributed by atoms with van der Waals surface area (Å²) in [5.74, 6) is 1.30. The average molecular weight is 399 g/mol. The molecule has 0 unspecified atom stereocenters. The molecule has 0 bridgehead atoms. The van der Waals surface area contributed by atoms with Gasteiger partial charge < -0.3 is 19.9 Å². The maximum absolute atomic E-state index is 12.3. The van der Waals surface area contributed by atoms with E-state index < -0.39 is 12.8 Å². The molecule has 2 N–H and O–H groups in total. The number of pyridine rings is 1. The fourth-order valence-corrected chi connectivity index (χ4v) is 2.51. The Hall–Kier alpha value is -2.78. The third kappa shape index (κ3) is 6.43. The molecule has 0 saturated carbocycles. The maximum Gasteiger partial charge on any atom is 0.422 e. The predicted octanol–water partition coefficient (Wildman–Crippen LogP) is 3.00. The highest BCUT2D eigenvalue weighted by Gasteiger charge is 2.28. The van der Waals surface area contributed by atoms with Crippen LogP contribution in [0, 0.1) is 0 Å². The Morgan fingerprint density at radius 3 is 2.61 bits per heavy atom. The summed E-state index contributed by atoms with van der Waals surface area (Å²) >= 11 is 0. The molecule has 0 amide bonds. The number of ether oxygens (including phenoxy) is 1. The average Bonchev–Trinajstić information content (AvgIpc) is 3.08. The van der Waals surface area contributed by atoms with Gasteiger partial charge in [-0.15, -0.1) is 0 Å². The number of halogens is 3. The van der Waals surface area contributed by atoms with Gasteiger partial charge in [0.1, 0.15) is 5.76 Å². The van der Waals surface area contributed by atoms with Crippen LogP contribution in [0.25, 0.3) is 0 Å². The van der Waals surface area contributed by atoms with Crippen molar-refractivity contribution in [2.45, 2.75) is 46.0 Å². The molecular formula is C18H24F3N5O2. The van der Waals surface area contributed by atoms with E-state index in [0.29, 0.717) is 24.6 Å². The molecule has 0 radical (unpaired) electrons. The second kappa shape index (κ2) is 9.95. The number of rotatable bonds is 8. The van der Waals surface area contributed by atoms with E-state index in [4.69, 9.17) is 4.52 Å². The van der Waals surface area contributed by atoms with Gasteiger partial charge in [0, 0.05) is 44.4 Å². The monoisotopic (exact) mass is 399 g/mol. The van der Waals surface area contributed by atoms with Gasteiger partial charge in [0.25, 0.3) is 0 Å². The van der Waals surface area contributed by atoms with Gasteiger partial charge in [-0.05, 0) is 18.1 Å². The van der Waals surface area contributed by atoms with Crippen molar-refractivity contribution in [3.8, 4) is 5.88 Å². The maximum atomic E-state index is 12.3. The Morgan fingerprint density at radius 2 is 1.96 bits per heavy atom. The summed E-state index contributed by atoms with van der Waals surface area (Å²) in [5, 5.41) is 10.4. The lowest BCUT2D eigenvalue weighted by Gasteiger charge is -2.13. The van der Waals surface area contributed by atoms with Crippen molar-refractivity contribution in [1.82, 2.24) is 20.8 Å². The van der Waals surface area contributed by atoms with Crippen LogP contribution in [0.1, 0.15) is 36.4 Å². The molecule has 0 aliphatic carbocycles. The summed E-state index contributed by atoms with van der Waals surface area (Å²) in [5.41, 5.74) is 2.63. The van der Waals surface area contributed by atoms with E-state index in [1.54, 1.807) is 13.1 Å². The Labute approximate surface area is 161 Å². The van der Waals surface area contributed by atoms with Gasteiger partial charge in [-0.25, -0.2) is 4.98 Å². The normalized spacial score (nSPS) is 12.1. The number of hydrogen-bond donors (Lipinski definition) is 2. The SMILES string of the molecule is CCc1noc(CC)c1CNC(=NC)NCc1ccnc(OCC(F)(F)F)c1. The van der Waals surface area contributed by atoms with Crippen LogP contribution in [0.4, 0.5) is 13.2 Å². The zero-order valence-corrected chi connectivity index (χ0v) is 16.1. The van der Waals surface area contributed by atoms with Crippen LogP contribution < -0.4 is 15.4 Å². The molecular weight excluding hydrogens is 375 g/mol. The lowest BCUT2D eigenvalue weighted by Crippen LogP contribution is -2.36. The highest BCUT2D eigenvalue weighted by molar-refractivity contribution is 5.79. The van der Waals surface area contributed by atoms with Crippen molar-refractivity contribution in [3.05, 3.63) is 40.9 Å². The number of guanidine groups is 1. The van der Waals surface area contributed by atoms with Gasteiger partial charge in [-0.3, -0.25) is 4.99 Å². The van der Waals surface area contributed by atoms with E-state index in [-0.39, 0.29) is 5.88 Å². The van der Waals surface area contributed by atoms with Crippen molar-refractivity contribution in [2.24, 2.45) is 4.99 Å². The fraction of sp³-hybridized carbons (Fsp3) is 0.500. The molecule has 0 aliphatic heterocycles. The van der Waals surface area contributed by atoms with Crippen molar-refractivity contribution >= 4 is 5.96 Å². The number of nitrogens with one attached hydrogen (secondary N) is 2. The number of aryl methyl sites for hydroxylation is 2. The van der Waals surface area contributed by atoms with Crippen LogP contribution in [0.5, 0.6) is 5.88 Å². The minimum Gasteiger partial charge on any atom is -0.468 e. The molecule has 0 saturated heterocycles. The van der Waals surface area contributed by atoms with Crippen LogP contribution in [0.15, 0.2) is 27.8 Å². The topological polar surface area (TPSA) is 84.6 Å². The lowest BCUT2D eigenvalue weighted by molar-refractivity contribution is -0.154. The van der Waals surface area contributed by atoms with Gasteiger partial charge in [0.15, 0.2) is 12.6 Å². The van der Waals surface area contributed by atoms with Crippen LogP contribution in [-0.2, 0) is 25.9 Å². The standard InChI is InChI=1S/C18H24F3N5O2/c1-4-14-13(15(5-2)28-26-14)10-25-17(22-3)24-9-12-6-7-23-16(8-12)27-11-18(19,20)21/h6-8H,4-5,9-11H2,1-3H3,(H2,22,24,25). The molecule has 154 valence electrons. The minimum atomic E-state index is -4.40. The molecule has 28 heavy (non-hydrogen) atoms. The summed E-state index contributed by atoms with van der Waals surface area (Å²) < 4.78 is 46.8. The van der Waals surface area contributed by atoms with Crippen LogP contribution in [-0.4, -0.2) is 35.9 Å². The Bertz CT molecular complexity index is 768. The number of aromatic nitrogens is 2. The highest BCUT2D eigenvalue weighted by Crippen LogP contribution is 2.18. The first-order chi connectivity index (χ1) is 13.4. The molecule has 0 atom stereocenters. The lowest BCUT2D eigenvalue weighted by atomic mass is 10.1. The summed E-state index contributed by atoms with van der Waals surface area (Å²) in [6, 6.07) is 3.14. The molecule has 0 aliphatic rings. The van der Waals surface area contributed by atoms with Gasteiger partial charge in [0.05, 0.1) is 5.69 Å². The first-order valence-corrected chi connectivity index (χ1v) is 8.91. The zero-order chi connectivity index (χ0) is 20.6. The summed E-state index contributed by atoms with van der Waals surface area (Å²) in [6.45, 7) is 3.48. The summed E-state index contributed by atoms with van der Waals surface area (Å²) in [6.07, 6.45) is -1.49. The molecule has 0 spiro atoms. The molecule has 0 aromatic carbocycles. The quantitative estimate of drug-likeness (QED) is 0.524. The van der Waals surface area contributed by atoms with E-state index in [1.165, 1.54) is 12.3 Å². The molecule has 10 heteroatoms. The molecule has 2 aromatic rings. The number of alkyl halides is 3. The van der Waals surface area contributed by atoms with E-state index in [2.05, 4.69) is 30.5 Å². The van der Waals surface area contributed by atoms with Crippen molar-refractivity contribution in [2.75, 3.05) is 13.7 Å². The van der Waals surface area contributed by atoms with Crippen LogP contribution in [0.2, 0.25) is 0 Å². The third-order valence-corrected chi connectivity index (χ3v) is 3.91. The third-order valence-electron chi connectivity index (χ3n) is 3.91. The molecule has 0 fully saturated rings. The summed E-state index contributed by atoms with van der Waals surface area (Å²) in [4.78, 5) is 7.94. The van der Waals surface area contributed by atoms with Crippen LogP contribution >= 0.6 is 0 Å². The van der Waals surface area contributed by atoms with Crippen molar-refractivity contribution in [1.29, 1.82) is 0 Å². The Morgan fingerprint density at radius 1 is 1.21 bits per heavy atom. The van der Waals surface area contributed by atoms with E-state index in [9.17, 15) is 13.2 Å². The van der Waals surface area contributed by atoms with Crippen LogP contribution in [0.3, 0.4) is 0 Å². The fourth-order valence-electron chi connectivity index (χ4n) is 2.51. The summed E-state index contributed by atoms with van der Waals surface area (Å²) in [7, 11) is 1.63. The minimum absolute atomic E-state index is 0.0794. The van der Waals surface area contributed by atoms with E-state index in [0.717, 1.165) is 29.9 Å². The smallest absolute Gasteiger partial charge is 0.422 e. The molecule has 7 nitrogen and oxygen atoms in total. The van der Waals surface area contributed by atoms with Crippen molar-refractivity contribution in [3.63, 3.8) is 0 Å². The predicted molar refractivity (Wildman–Crippen MR) is 98.1 cm³/mol. The van der Waals surface area contributed by atoms with Gasteiger partial charge >= 0.3 is 6.18 Å². The number of aliphatic imine (C=N–C) groups is 1. The zero-order valence-electron chi connectivity index (χ0n) is 16.1. The second-order valence-corrected chi connectivity index (χ2v) is 5.92.